The van der Waals surface area contributed by atoms with E-state index in [9.17, 15) is 9.59 Å². The maximum atomic E-state index is 12.1. The van der Waals surface area contributed by atoms with Crippen molar-refractivity contribution < 1.29 is 18.7 Å². The molecule has 1 saturated heterocycles. The number of fused-ring (bicyclic) bond motifs is 3. The van der Waals surface area contributed by atoms with Gasteiger partial charge in [0.2, 0.25) is 5.91 Å². The number of likely N-dealkylation sites (tertiary alicyclic amines) is 1. The molecule has 1 aliphatic heterocycles. The molecule has 1 aromatic heterocycles. The van der Waals surface area contributed by atoms with Crippen molar-refractivity contribution in [2.24, 2.45) is 0 Å². The van der Waals surface area contributed by atoms with Gasteiger partial charge in [-0.3, -0.25) is 9.59 Å². The summed E-state index contributed by atoms with van der Waals surface area (Å²) in [6.45, 7) is 2.10. The molecule has 0 atom stereocenters. The Morgan fingerprint density at radius 1 is 1.10 bits per heavy atom. The second-order valence-corrected chi connectivity index (χ2v) is 8.05. The number of rotatable bonds is 7. The Hall–Kier alpha value is -2.50. The van der Waals surface area contributed by atoms with E-state index in [0.29, 0.717) is 25.3 Å². The molecular formula is C23H30N2O4. The minimum atomic E-state index is -0.137. The molecule has 6 heteroatoms. The Labute approximate surface area is 171 Å². The van der Waals surface area contributed by atoms with Crippen LogP contribution in [-0.2, 0) is 22.4 Å². The van der Waals surface area contributed by atoms with Crippen LogP contribution < -0.4 is 10.1 Å². The van der Waals surface area contributed by atoms with Crippen LogP contribution in [0, 0.1) is 0 Å². The highest BCUT2D eigenvalue weighted by Gasteiger charge is 2.18. The molecule has 0 radical (unpaired) electrons. The summed E-state index contributed by atoms with van der Waals surface area (Å²) in [7, 11) is 0. The largest absolute Gasteiger partial charge is 0.484 e. The van der Waals surface area contributed by atoms with Gasteiger partial charge in [0.25, 0.3) is 5.91 Å². The average Bonchev–Trinajstić information content (AvgIpc) is 2.98. The highest BCUT2D eigenvalue weighted by atomic mass is 16.5. The third-order valence-electron chi connectivity index (χ3n) is 5.89. The fourth-order valence-corrected chi connectivity index (χ4v) is 4.30. The zero-order valence-corrected chi connectivity index (χ0v) is 17.0. The molecule has 1 aliphatic carbocycles. The predicted octanol–water partition coefficient (Wildman–Crippen LogP) is 3.60. The second kappa shape index (κ2) is 9.33. The van der Waals surface area contributed by atoms with E-state index in [2.05, 4.69) is 5.32 Å². The highest BCUT2D eigenvalue weighted by Crippen LogP contribution is 2.33. The molecular weight excluding hydrogens is 368 g/mol. The topological polar surface area (TPSA) is 71.8 Å². The Morgan fingerprint density at radius 3 is 2.90 bits per heavy atom. The number of amides is 2. The first-order valence-electron chi connectivity index (χ1n) is 10.9. The first-order valence-corrected chi connectivity index (χ1v) is 10.9. The Balaban J connectivity index is 1.22. The molecule has 2 aromatic rings. The fraction of sp³-hybridized carbons (Fsp3) is 0.565. The number of benzene rings is 1. The summed E-state index contributed by atoms with van der Waals surface area (Å²) in [5.41, 5.74) is 2.20. The lowest BCUT2D eigenvalue weighted by molar-refractivity contribution is -0.130. The number of hydrogen-bond acceptors (Lipinski definition) is 4. The van der Waals surface area contributed by atoms with Gasteiger partial charge in [-0.05, 0) is 56.7 Å². The van der Waals surface area contributed by atoms with Crippen LogP contribution in [0.2, 0.25) is 0 Å². The minimum Gasteiger partial charge on any atom is -0.484 e. The van der Waals surface area contributed by atoms with Gasteiger partial charge in [0.1, 0.15) is 17.1 Å². The lowest BCUT2D eigenvalue weighted by Gasteiger charge is -2.20. The summed E-state index contributed by atoms with van der Waals surface area (Å²) in [6, 6.07) is 5.77. The van der Waals surface area contributed by atoms with Crippen molar-refractivity contribution >= 4 is 22.8 Å². The number of furan rings is 1. The molecule has 1 N–H and O–H groups in total. The summed E-state index contributed by atoms with van der Waals surface area (Å²) in [5, 5.41) is 4.00. The first-order chi connectivity index (χ1) is 14.2. The lowest BCUT2D eigenvalue weighted by atomic mass is 9.96. The zero-order chi connectivity index (χ0) is 20.1. The van der Waals surface area contributed by atoms with E-state index >= 15 is 0 Å². The molecule has 0 bridgehead atoms. The summed E-state index contributed by atoms with van der Waals surface area (Å²) in [6.07, 6.45) is 9.06. The van der Waals surface area contributed by atoms with Gasteiger partial charge in [-0.2, -0.15) is 0 Å². The van der Waals surface area contributed by atoms with Gasteiger partial charge >= 0.3 is 0 Å². The van der Waals surface area contributed by atoms with Gasteiger partial charge in [0, 0.05) is 43.4 Å². The van der Waals surface area contributed by atoms with Gasteiger partial charge in [-0.15, -0.1) is 0 Å². The molecule has 0 unspecified atom stereocenters. The van der Waals surface area contributed by atoms with Crippen LogP contribution in [-0.4, -0.2) is 43.0 Å². The van der Waals surface area contributed by atoms with E-state index in [1.54, 1.807) is 0 Å². The highest BCUT2D eigenvalue weighted by molar-refractivity contribution is 5.84. The van der Waals surface area contributed by atoms with E-state index in [4.69, 9.17) is 9.15 Å². The molecule has 6 nitrogen and oxygen atoms in total. The van der Waals surface area contributed by atoms with Crippen LogP contribution in [0.3, 0.4) is 0 Å². The molecule has 2 aliphatic rings. The smallest absolute Gasteiger partial charge is 0.257 e. The number of carbonyl (C=O) groups excluding carboxylic acids is 2. The molecule has 4 rings (SSSR count). The molecule has 1 aromatic carbocycles. The molecule has 0 spiro atoms. The van der Waals surface area contributed by atoms with Crippen molar-refractivity contribution in [1.29, 1.82) is 0 Å². The molecule has 156 valence electrons. The predicted molar refractivity (Wildman–Crippen MR) is 111 cm³/mol. The van der Waals surface area contributed by atoms with Crippen molar-refractivity contribution in [3.05, 3.63) is 29.5 Å². The third kappa shape index (κ3) is 4.92. The normalized spacial score (nSPS) is 17.1. The molecule has 2 heterocycles. The zero-order valence-electron chi connectivity index (χ0n) is 17.0. The van der Waals surface area contributed by atoms with Crippen LogP contribution in [0.5, 0.6) is 5.75 Å². The van der Waals surface area contributed by atoms with Gasteiger partial charge in [-0.25, -0.2) is 0 Å². The molecule has 1 fully saturated rings. The fourth-order valence-electron chi connectivity index (χ4n) is 4.30. The second-order valence-electron chi connectivity index (χ2n) is 8.05. The van der Waals surface area contributed by atoms with Crippen LogP contribution in [0.4, 0.5) is 0 Å². The minimum absolute atomic E-state index is 0.00576. The summed E-state index contributed by atoms with van der Waals surface area (Å²) >= 11 is 0. The summed E-state index contributed by atoms with van der Waals surface area (Å²) < 4.78 is 11.6. The van der Waals surface area contributed by atoms with Crippen LogP contribution in [0.15, 0.2) is 22.6 Å². The van der Waals surface area contributed by atoms with E-state index < -0.39 is 0 Å². The van der Waals surface area contributed by atoms with Crippen molar-refractivity contribution in [2.45, 2.75) is 57.8 Å². The first kappa shape index (κ1) is 19.8. The van der Waals surface area contributed by atoms with Crippen molar-refractivity contribution in [2.75, 3.05) is 26.2 Å². The molecule has 0 saturated carbocycles. The monoisotopic (exact) mass is 398 g/mol. The van der Waals surface area contributed by atoms with Crippen molar-refractivity contribution in [3.63, 3.8) is 0 Å². The average molecular weight is 399 g/mol. The number of aryl methyl sites for hydroxylation is 2. The van der Waals surface area contributed by atoms with Crippen molar-refractivity contribution in [3.8, 4) is 5.75 Å². The van der Waals surface area contributed by atoms with E-state index in [1.807, 2.05) is 23.1 Å². The lowest BCUT2D eigenvalue weighted by Crippen LogP contribution is -2.35. The number of nitrogens with one attached hydrogen (secondary N) is 1. The Kier molecular flexibility index (Phi) is 6.37. The summed E-state index contributed by atoms with van der Waals surface area (Å²) in [5.74, 6) is 1.90. The van der Waals surface area contributed by atoms with Crippen LogP contribution in [0.1, 0.15) is 56.3 Å². The standard InChI is InChI=1S/C23H30N2O4/c26-22(24-12-6-14-25-13-5-1-2-9-23(25)27)16-28-17-10-11-21-19(15-17)18-7-3-4-8-20(18)29-21/h10-11,15H,1-9,12-14,16H2,(H,24,26). The molecule has 29 heavy (non-hydrogen) atoms. The van der Waals surface area contributed by atoms with E-state index in [-0.39, 0.29) is 18.4 Å². The van der Waals surface area contributed by atoms with Gasteiger partial charge < -0.3 is 19.4 Å². The molecule has 2 amide bonds. The number of nitrogens with zero attached hydrogens (tertiary/aromatic N) is 1. The van der Waals surface area contributed by atoms with E-state index in [0.717, 1.165) is 61.8 Å². The van der Waals surface area contributed by atoms with Crippen molar-refractivity contribution in [1.82, 2.24) is 10.2 Å². The Morgan fingerprint density at radius 2 is 1.97 bits per heavy atom. The van der Waals surface area contributed by atoms with Crippen LogP contribution in [0.25, 0.3) is 11.0 Å². The maximum Gasteiger partial charge on any atom is 0.257 e. The van der Waals surface area contributed by atoms with E-state index in [1.165, 1.54) is 18.4 Å². The summed E-state index contributed by atoms with van der Waals surface area (Å²) in [4.78, 5) is 26.0. The number of ether oxygens (including phenoxy) is 1. The van der Waals surface area contributed by atoms with Gasteiger partial charge in [-0.1, -0.05) is 6.42 Å². The number of carbonyl (C=O) groups is 2. The maximum absolute atomic E-state index is 12.1. The SMILES string of the molecule is O=C(COc1ccc2oc3c(c2c1)CCCC3)NCCCN1CCCCCC1=O. The van der Waals surface area contributed by atoms with Gasteiger partial charge in [0.05, 0.1) is 0 Å². The Bertz CT molecular complexity index is 873. The third-order valence-corrected chi connectivity index (χ3v) is 5.89. The van der Waals surface area contributed by atoms with Crippen LogP contribution >= 0.6 is 0 Å². The quantitative estimate of drug-likeness (QED) is 0.724. The van der Waals surface area contributed by atoms with Gasteiger partial charge in [0.15, 0.2) is 6.61 Å². The number of hydrogen-bond donors (Lipinski definition) is 1.